The van der Waals surface area contributed by atoms with Gasteiger partial charge in [0.05, 0.1) is 24.6 Å². The van der Waals surface area contributed by atoms with Crippen LogP contribution in [0.3, 0.4) is 0 Å². The molecule has 6 nitrogen and oxygen atoms in total. The summed E-state index contributed by atoms with van der Waals surface area (Å²) < 4.78 is 9.87. The zero-order chi connectivity index (χ0) is 20.1. The Labute approximate surface area is 176 Å². The van der Waals surface area contributed by atoms with Crippen molar-refractivity contribution in [3.05, 3.63) is 56.7 Å². The minimum absolute atomic E-state index is 0.0123. The average molecular weight is 427 g/mol. The smallest absolute Gasteiger partial charge is 0.264 e. The van der Waals surface area contributed by atoms with Gasteiger partial charge in [-0.25, -0.2) is 4.40 Å². The molecule has 0 saturated heterocycles. The third-order valence-electron chi connectivity index (χ3n) is 5.54. The summed E-state index contributed by atoms with van der Waals surface area (Å²) in [5.41, 5.74) is 2.22. The second-order valence-electron chi connectivity index (χ2n) is 7.68. The minimum Gasteiger partial charge on any atom is -0.372 e. The minimum atomic E-state index is 0.0123. The molecular formula is C21H22N4O2S2. The lowest BCUT2D eigenvalue weighted by Gasteiger charge is -2.26. The van der Waals surface area contributed by atoms with Gasteiger partial charge in [-0.3, -0.25) is 9.36 Å². The Morgan fingerprint density at radius 3 is 2.79 bits per heavy atom. The van der Waals surface area contributed by atoms with E-state index in [-0.39, 0.29) is 11.7 Å². The van der Waals surface area contributed by atoms with Crippen molar-refractivity contribution in [3.8, 4) is 0 Å². The zero-order valence-corrected chi connectivity index (χ0v) is 18.2. The summed E-state index contributed by atoms with van der Waals surface area (Å²) in [5, 5.41) is 10.3. The number of rotatable bonds is 4. The highest BCUT2D eigenvalue weighted by molar-refractivity contribution is 7.98. The SMILES string of the molecule is CSc1nnc2n(Cc3ccccc3)c(=O)c3c4c(sc3n12)CO[C@@H](C(C)C)C4. The molecule has 4 aromatic rings. The molecular weight excluding hydrogens is 404 g/mol. The quantitative estimate of drug-likeness (QED) is 0.462. The molecule has 150 valence electrons. The summed E-state index contributed by atoms with van der Waals surface area (Å²) >= 11 is 3.18. The molecule has 5 rings (SSSR count). The lowest BCUT2D eigenvalue weighted by molar-refractivity contribution is 0.00200. The Kier molecular flexibility index (Phi) is 4.72. The molecule has 0 amide bonds. The maximum atomic E-state index is 13.7. The summed E-state index contributed by atoms with van der Waals surface area (Å²) in [6.45, 7) is 5.37. The fourth-order valence-electron chi connectivity index (χ4n) is 3.96. The van der Waals surface area contributed by atoms with Gasteiger partial charge in [-0.15, -0.1) is 21.5 Å². The summed E-state index contributed by atoms with van der Waals surface area (Å²) in [4.78, 5) is 15.8. The van der Waals surface area contributed by atoms with Gasteiger partial charge in [-0.05, 0) is 23.3 Å². The predicted molar refractivity (Wildman–Crippen MR) is 117 cm³/mol. The molecule has 0 aliphatic carbocycles. The van der Waals surface area contributed by atoms with Crippen LogP contribution < -0.4 is 5.56 Å². The molecule has 0 N–H and O–H groups in total. The first-order valence-corrected chi connectivity index (χ1v) is 11.7. The Morgan fingerprint density at radius 1 is 1.28 bits per heavy atom. The van der Waals surface area contributed by atoms with E-state index in [1.165, 1.54) is 0 Å². The van der Waals surface area contributed by atoms with E-state index in [1.807, 2.05) is 41.0 Å². The Balaban J connectivity index is 1.80. The van der Waals surface area contributed by atoms with Gasteiger partial charge in [0.15, 0.2) is 5.16 Å². The summed E-state index contributed by atoms with van der Waals surface area (Å²) in [5.74, 6) is 1.00. The fourth-order valence-corrected chi connectivity index (χ4v) is 5.74. The molecule has 0 spiro atoms. The van der Waals surface area contributed by atoms with Crippen LogP contribution in [0.5, 0.6) is 0 Å². The van der Waals surface area contributed by atoms with Crippen LogP contribution in [-0.4, -0.2) is 31.5 Å². The number of benzene rings is 1. The number of thiophene rings is 1. The van der Waals surface area contributed by atoms with Crippen LogP contribution in [-0.2, 0) is 24.3 Å². The monoisotopic (exact) mass is 426 g/mol. The van der Waals surface area contributed by atoms with Gasteiger partial charge >= 0.3 is 0 Å². The van der Waals surface area contributed by atoms with Crippen LogP contribution in [0.4, 0.5) is 0 Å². The van der Waals surface area contributed by atoms with Crippen molar-refractivity contribution in [1.82, 2.24) is 19.2 Å². The van der Waals surface area contributed by atoms with Crippen LogP contribution in [0.25, 0.3) is 16.0 Å². The molecule has 1 aromatic carbocycles. The first-order chi connectivity index (χ1) is 14.1. The van der Waals surface area contributed by atoms with E-state index in [9.17, 15) is 4.79 Å². The van der Waals surface area contributed by atoms with Crippen LogP contribution in [0.1, 0.15) is 29.9 Å². The standard InChI is InChI=1S/C21H22N4O2S2/c1-12(2)15-9-14-16(11-27-15)29-19-17(14)18(26)24(10-13-7-5-4-6-8-13)20-22-23-21(28-3)25(19)20/h4-8,12,15H,9-11H2,1-3H3/t15-/m1/s1. The zero-order valence-electron chi connectivity index (χ0n) is 16.6. The lowest BCUT2D eigenvalue weighted by Crippen LogP contribution is -2.28. The number of hydrogen-bond donors (Lipinski definition) is 0. The van der Waals surface area contributed by atoms with Gasteiger partial charge in [0.2, 0.25) is 5.78 Å². The maximum absolute atomic E-state index is 13.7. The van der Waals surface area contributed by atoms with E-state index in [0.29, 0.717) is 24.8 Å². The number of hydrogen-bond acceptors (Lipinski definition) is 6. The molecule has 0 saturated carbocycles. The van der Waals surface area contributed by atoms with Crippen molar-refractivity contribution in [2.75, 3.05) is 6.26 Å². The van der Waals surface area contributed by atoms with E-state index < -0.39 is 0 Å². The van der Waals surface area contributed by atoms with Crippen LogP contribution in [0.2, 0.25) is 0 Å². The molecule has 1 atom stereocenters. The van der Waals surface area contributed by atoms with Crippen molar-refractivity contribution >= 4 is 39.1 Å². The second-order valence-corrected chi connectivity index (χ2v) is 9.54. The van der Waals surface area contributed by atoms with E-state index in [2.05, 4.69) is 24.0 Å². The van der Waals surface area contributed by atoms with Crippen molar-refractivity contribution in [3.63, 3.8) is 0 Å². The van der Waals surface area contributed by atoms with Crippen molar-refractivity contribution in [1.29, 1.82) is 0 Å². The van der Waals surface area contributed by atoms with E-state index in [1.54, 1.807) is 27.7 Å². The van der Waals surface area contributed by atoms with Gasteiger partial charge in [0.25, 0.3) is 5.56 Å². The lowest BCUT2D eigenvalue weighted by atomic mass is 9.96. The van der Waals surface area contributed by atoms with E-state index in [4.69, 9.17) is 4.74 Å². The Bertz CT molecular complexity index is 1260. The molecule has 29 heavy (non-hydrogen) atoms. The van der Waals surface area contributed by atoms with Gasteiger partial charge < -0.3 is 4.74 Å². The first kappa shape index (κ1) is 18.8. The predicted octanol–water partition coefficient (Wildman–Crippen LogP) is 3.97. The number of aromatic nitrogens is 4. The third kappa shape index (κ3) is 3.01. The summed E-state index contributed by atoms with van der Waals surface area (Å²) in [6.07, 6.45) is 2.90. The van der Waals surface area contributed by atoms with Crippen LogP contribution >= 0.6 is 23.1 Å². The molecule has 3 aromatic heterocycles. The molecule has 8 heteroatoms. The van der Waals surface area contributed by atoms with Crippen LogP contribution in [0, 0.1) is 5.92 Å². The van der Waals surface area contributed by atoms with Crippen molar-refractivity contribution < 1.29 is 4.74 Å². The van der Waals surface area contributed by atoms with Crippen LogP contribution in [0.15, 0.2) is 40.3 Å². The topological polar surface area (TPSA) is 61.4 Å². The summed E-state index contributed by atoms with van der Waals surface area (Å²) in [7, 11) is 0. The molecule has 4 heterocycles. The largest absolute Gasteiger partial charge is 0.372 e. The van der Waals surface area contributed by atoms with Crippen molar-refractivity contribution in [2.24, 2.45) is 5.92 Å². The normalized spacial score (nSPS) is 16.8. The number of ether oxygens (including phenoxy) is 1. The van der Waals surface area contributed by atoms with Gasteiger partial charge in [0.1, 0.15) is 4.83 Å². The molecule has 0 radical (unpaired) electrons. The number of fused-ring (bicyclic) bond motifs is 5. The number of thioether (sulfide) groups is 1. The second kappa shape index (κ2) is 7.27. The fraction of sp³-hybridized carbons (Fsp3) is 0.381. The first-order valence-electron chi connectivity index (χ1n) is 9.70. The van der Waals surface area contributed by atoms with Gasteiger partial charge in [-0.1, -0.05) is 55.9 Å². The van der Waals surface area contributed by atoms with Gasteiger partial charge in [0, 0.05) is 11.3 Å². The number of nitrogens with zero attached hydrogens (tertiary/aromatic N) is 4. The summed E-state index contributed by atoms with van der Waals surface area (Å²) in [6, 6.07) is 10.0. The van der Waals surface area contributed by atoms with Gasteiger partial charge in [-0.2, -0.15) is 0 Å². The Hall–Kier alpha value is -2.16. The highest BCUT2D eigenvalue weighted by Crippen LogP contribution is 2.37. The van der Waals surface area contributed by atoms with E-state index in [0.717, 1.165) is 37.8 Å². The maximum Gasteiger partial charge on any atom is 0.264 e. The highest BCUT2D eigenvalue weighted by atomic mass is 32.2. The highest BCUT2D eigenvalue weighted by Gasteiger charge is 2.29. The molecule has 0 fully saturated rings. The molecule has 1 aliphatic rings. The molecule has 1 aliphatic heterocycles. The van der Waals surface area contributed by atoms with Crippen molar-refractivity contribution in [2.45, 2.75) is 44.7 Å². The average Bonchev–Trinajstić information content (AvgIpc) is 3.32. The molecule has 0 bridgehead atoms. The van der Waals surface area contributed by atoms with E-state index >= 15 is 0 Å². The third-order valence-corrected chi connectivity index (χ3v) is 7.36. The molecule has 0 unspecified atom stereocenters. The Morgan fingerprint density at radius 2 is 2.07 bits per heavy atom.